The molecule has 0 radical (unpaired) electrons. The van der Waals surface area contributed by atoms with Crippen LogP contribution in [-0.2, 0) is 0 Å². The Bertz CT molecular complexity index is 955. The minimum absolute atomic E-state index is 0.0586. The van der Waals surface area contributed by atoms with Crippen LogP contribution in [0.4, 0.5) is 10.1 Å². The molecular weight excluding hydrogens is 335 g/mol. The number of aromatic nitrogens is 1. The van der Waals surface area contributed by atoms with Crippen molar-refractivity contribution in [3.05, 3.63) is 63.0 Å². The second-order valence-electron chi connectivity index (χ2n) is 5.23. The summed E-state index contributed by atoms with van der Waals surface area (Å²) in [4.78, 5) is 15.0. The van der Waals surface area contributed by atoms with E-state index in [-0.39, 0.29) is 22.1 Å². The molecule has 2 aromatic carbocycles. The molecule has 0 unspecified atom stereocenters. The second-order valence-corrected chi connectivity index (χ2v) is 5.59. The molecule has 0 aliphatic carbocycles. The van der Waals surface area contributed by atoms with Crippen molar-refractivity contribution in [2.45, 2.75) is 6.92 Å². The van der Waals surface area contributed by atoms with E-state index in [2.05, 4.69) is 4.98 Å². The SMILES string of the molecule is COc1cc2c([N+](=O)[O-])cc(-c3c(C)cccc3F)cc2c(Cl)n1. The lowest BCUT2D eigenvalue weighted by Crippen LogP contribution is -1.96. The molecule has 7 heteroatoms. The van der Waals surface area contributed by atoms with Gasteiger partial charge in [-0.3, -0.25) is 10.1 Å². The van der Waals surface area contributed by atoms with Crippen LogP contribution < -0.4 is 4.74 Å². The van der Waals surface area contributed by atoms with Gasteiger partial charge in [0.25, 0.3) is 5.69 Å². The van der Waals surface area contributed by atoms with Crippen molar-refractivity contribution in [2.24, 2.45) is 0 Å². The van der Waals surface area contributed by atoms with Crippen LogP contribution in [0.3, 0.4) is 0 Å². The lowest BCUT2D eigenvalue weighted by atomic mass is 9.97. The van der Waals surface area contributed by atoms with Crippen LogP contribution in [0.5, 0.6) is 5.88 Å². The van der Waals surface area contributed by atoms with Crippen LogP contribution in [0.1, 0.15) is 5.56 Å². The Balaban J connectivity index is 2.41. The minimum Gasteiger partial charge on any atom is -0.481 e. The van der Waals surface area contributed by atoms with E-state index in [0.717, 1.165) is 0 Å². The van der Waals surface area contributed by atoms with Gasteiger partial charge < -0.3 is 4.74 Å². The highest BCUT2D eigenvalue weighted by Crippen LogP contribution is 2.38. The molecule has 24 heavy (non-hydrogen) atoms. The summed E-state index contributed by atoms with van der Waals surface area (Å²) in [6.07, 6.45) is 0. The third-order valence-corrected chi connectivity index (χ3v) is 4.06. The van der Waals surface area contributed by atoms with Crippen molar-refractivity contribution in [2.75, 3.05) is 7.11 Å². The van der Waals surface area contributed by atoms with Crippen LogP contribution in [0.2, 0.25) is 5.15 Å². The first-order valence-electron chi connectivity index (χ1n) is 7.00. The van der Waals surface area contributed by atoms with Crippen LogP contribution in [0.15, 0.2) is 36.4 Å². The third-order valence-electron chi connectivity index (χ3n) is 3.77. The maximum atomic E-state index is 14.2. The number of ether oxygens (including phenoxy) is 1. The Morgan fingerprint density at radius 3 is 2.62 bits per heavy atom. The molecular formula is C17H12ClFN2O3. The summed E-state index contributed by atoms with van der Waals surface area (Å²) in [6, 6.07) is 9.01. The van der Waals surface area contributed by atoms with Crippen molar-refractivity contribution in [3.63, 3.8) is 0 Å². The average Bonchev–Trinajstić information content (AvgIpc) is 2.54. The zero-order valence-corrected chi connectivity index (χ0v) is 13.6. The number of methoxy groups -OCH3 is 1. The third kappa shape index (κ3) is 2.65. The Morgan fingerprint density at radius 1 is 1.25 bits per heavy atom. The second kappa shape index (κ2) is 6.05. The lowest BCUT2D eigenvalue weighted by molar-refractivity contribution is -0.383. The fraction of sp³-hybridized carbons (Fsp3) is 0.118. The summed E-state index contributed by atoms with van der Waals surface area (Å²) in [5, 5.41) is 12.2. The van der Waals surface area contributed by atoms with E-state index >= 15 is 0 Å². The fourth-order valence-electron chi connectivity index (χ4n) is 2.67. The topological polar surface area (TPSA) is 65.3 Å². The number of nitro groups is 1. The number of hydrogen-bond donors (Lipinski definition) is 0. The van der Waals surface area contributed by atoms with Gasteiger partial charge in [-0.15, -0.1) is 0 Å². The maximum Gasteiger partial charge on any atom is 0.278 e. The molecule has 0 aliphatic rings. The van der Waals surface area contributed by atoms with Gasteiger partial charge in [0.1, 0.15) is 11.0 Å². The quantitative estimate of drug-likeness (QED) is 0.383. The van der Waals surface area contributed by atoms with Crippen LogP contribution in [0, 0.1) is 22.9 Å². The highest BCUT2D eigenvalue weighted by molar-refractivity contribution is 6.34. The van der Waals surface area contributed by atoms with Gasteiger partial charge in [-0.1, -0.05) is 23.7 Å². The van der Waals surface area contributed by atoms with Crippen LogP contribution in [-0.4, -0.2) is 17.0 Å². The number of rotatable bonds is 3. The lowest BCUT2D eigenvalue weighted by Gasteiger charge is -2.11. The summed E-state index contributed by atoms with van der Waals surface area (Å²) in [5.74, 6) is -0.285. The summed E-state index contributed by atoms with van der Waals surface area (Å²) in [6.45, 7) is 1.74. The maximum absolute atomic E-state index is 14.2. The number of hydrogen-bond acceptors (Lipinski definition) is 4. The number of aryl methyl sites for hydroxylation is 1. The fourth-order valence-corrected chi connectivity index (χ4v) is 2.91. The first-order valence-corrected chi connectivity index (χ1v) is 7.38. The number of halogens is 2. The summed E-state index contributed by atoms with van der Waals surface area (Å²) >= 11 is 6.15. The molecule has 0 fully saturated rings. The molecule has 0 atom stereocenters. The highest BCUT2D eigenvalue weighted by atomic mass is 35.5. The van der Waals surface area contributed by atoms with E-state index < -0.39 is 10.7 Å². The Kier molecular flexibility index (Phi) is 4.07. The molecule has 1 heterocycles. The molecule has 0 aliphatic heterocycles. The Labute approximate surface area is 141 Å². The number of pyridine rings is 1. The molecule has 0 amide bonds. The summed E-state index contributed by atoms with van der Waals surface area (Å²) in [5.41, 5.74) is 1.15. The molecule has 1 aromatic heterocycles. The molecule has 5 nitrogen and oxygen atoms in total. The monoisotopic (exact) mass is 346 g/mol. The zero-order valence-electron chi connectivity index (χ0n) is 12.8. The first-order chi connectivity index (χ1) is 11.4. The van der Waals surface area contributed by atoms with Crippen molar-refractivity contribution in [1.82, 2.24) is 4.98 Å². The standard InChI is InChI=1S/C17H12ClFN2O3/c1-9-4-3-5-13(19)16(9)10-6-12-11(14(7-10)21(22)23)8-15(24-2)20-17(12)18/h3-8H,1-2H3. The van der Waals surface area contributed by atoms with E-state index in [1.165, 1.54) is 25.3 Å². The van der Waals surface area contributed by atoms with E-state index in [9.17, 15) is 14.5 Å². The van der Waals surface area contributed by atoms with E-state index in [1.54, 1.807) is 25.1 Å². The van der Waals surface area contributed by atoms with Gasteiger partial charge in [-0.25, -0.2) is 9.37 Å². The predicted octanol–water partition coefficient (Wildman–Crippen LogP) is 4.92. The number of nitro benzene ring substituents is 1. The van der Waals surface area contributed by atoms with Gasteiger partial charge >= 0.3 is 0 Å². The number of nitrogens with zero attached hydrogens (tertiary/aromatic N) is 2. The van der Waals surface area contributed by atoms with Gasteiger partial charge in [0.15, 0.2) is 0 Å². The Morgan fingerprint density at radius 2 is 2.00 bits per heavy atom. The molecule has 0 saturated heterocycles. The smallest absolute Gasteiger partial charge is 0.278 e. The summed E-state index contributed by atoms with van der Waals surface area (Å²) in [7, 11) is 1.40. The minimum atomic E-state index is -0.530. The molecule has 0 N–H and O–H groups in total. The van der Waals surface area contributed by atoms with Gasteiger partial charge in [-0.05, 0) is 30.2 Å². The van der Waals surface area contributed by atoms with Gasteiger partial charge in [0, 0.05) is 23.1 Å². The van der Waals surface area contributed by atoms with Gasteiger partial charge in [-0.2, -0.15) is 0 Å². The number of non-ortho nitro benzene ring substituents is 1. The van der Waals surface area contributed by atoms with Crippen LogP contribution in [0.25, 0.3) is 21.9 Å². The predicted molar refractivity (Wildman–Crippen MR) is 90.1 cm³/mol. The van der Waals surface area contributed by atoms with Crippen LogP contribution >= 0.6 is 11.6 Å². The van der Waals surface area contributed by atoms with E-state index in [0.29, 0.717) is 22.1 Å². The summed E-state index contributed by atoms with van der Waals surface area (Å²) < 4.78 is 19.3. The molecule has 3 rings (SSSR count). The molecule has 0 spiro atoms. The van der Waals surface area contributed by atoms with Crippen molar-refractivity contribution >= 4 is 28.1 Å². The van der Waals surface area contributed by atoms with Crippen molar-refractivity contribution < 1.29 is 14.1 Å². The average molecular weight is 347 g/mol. The number of fused-ring (bicyclic) bond motifs is 1. The zero-order chi connectivity index (χ0) is 17.4. The van der Waals surface area contributed by atoms with E-state index in [4.69, 9.17) is 16.3 Å². The van der Waals surface area contributed by atoms with E-state index in [1.807, 2.05) is 0 Å². The normalized spacial score (nSPS) is 10.8. The van der Waals surface area contributed by atoms with Gasteiger partial charge in [0.05, 0.1) is 17.4 Å². The highest BCUT2D eigenvalue weighted by Gasteiger charge is 2.20. The van der Waals surface area contributed by atoms with Gasteiger partial charge in [0.2, 0.25) is 5.88 Å². The molecule has 0 bridgehead atoms. The Hall–Kier alpha value is -2.73. The van der Waals surface area contributed by atoms with Crippen molar-refractivity contribution in [1.29, 1.82) is 0 Å². The largest absolute Gasteiger partial charge is 0.481 e. The molecule has 0 saturated carbocycles. The molecule has 3 aromatic rings. The number of benzene rings is 2. The first kappa shape index (κ1) is 16.1. The van der Waals surface area contributed by atoms with Crippen molar-refractivity contribution in [3.8, 4) is 17.0 Å². The molecule has 122 valence electrons.